The zero-order valence-corrected chi connectivity index (χ0v) is 11.9. The minimum atomic E-state index is -0.242. The monoisotopic (exact) mass is 300 g/mol. The van der Waals surface area contributed by atoms with Crippen LogP contribution in [0.3, 0.4) is 0 Å². The second-order valence-electron chi connectivity index (χ2n) is 4.92. The highest BCUT2D eigenvalue weighted by molar-refractivity contribution is 6.37. The van der Waals surface area contributed by atoms with Gasteiger partial charge in [0, 0.05) is 23.2 Å². The van der Waals surface area contributed by atoms with E-state index in [1.54, 1.807) is 30.3 Å². The van der Waals surface area contributed by atoms with Gasteiger partial charge in [0.25, 0.3) is 5.91 Å². The highest BCUT2D eigenvalue weighted by atomic mass is 35.5. The molecule has 0 spiro atoms. The van der Waals surface area contributed by atoms with Crippen LogP contribution in [0.25, 0.3) is 0 Å². The Morgan fingerprint density at radius 3 is 2.86 bits per heavy atom. The molecule has 3 rings (SSSR count). The molecule has 0 fully saturated rings. The number of anilines is 1. The molecule has 0 unspecified atom stereocenters. The Bertz CT molecular complexity index is 756. The second-order valence-corrected chi connectivity index (χ2v) is 5.29. The first kappa shape index (κ1) is 13.6. The van der Waals surface area contributed by atoms with E-state index < -0.39 is 0 Å². The summed E-state index contributed by atoms with van der Waals surface area (Å²) in [6, 6.07) is 10.1. The average molecular weight is 301 g/mol. The van der Waals surface area contributed by atoms with Gasteiger partial charge in [-0.25, -0.2) is 0 Å². The number of nitrogens with one attached hydrogen (secondary N) is 1. The van der Waals surface area contributed by atoms with Gasteiger partial charge in [-0.15, -0.1) is 0 Å². The van der Waals surface area contributed by atoms with Gasteiger partial charge in [0.15, 0.2) is 5.78 Å². The van der Waals surface area contributed by atoms with E-state index in [2.05, 4.69) is 5.32 Å². The lowest BCUT2D eigenvalue weighted by Gasteiger charge is -2.17. The van der Waals surface area contributed by atoms with E-state index in [0.29, 0.717) is 28.9 Å². The highest BCUT2D eigenvalue weighted by Gasteiger charge is 2.20. The number of carbonyl (C=O) groups excluding carboxylic acids is 2. The zero-order valence-electron chi connectivity index (χ0n) is 11.2. The van der Waals surface area contributed by atoms with Crippen LogP contribution in [-0.4, -0.2) is 18.2 Å². The Hall–Kier alpha value is -2.33. The quantitative estimate of drug-likeness (QED) is 0.661. The number of fused-ring (bicyclic) bond motifs is 1. The van der Waals surface area contributed by atoms with Gasteiger partial charge in [-0.3, -0.25) is 9.59 Å². The van der Waals surface area contributed by atoms with Gasteiger partial charge in [-0.05, 0) is 30.2 Å². The van der Waals surface area contributed by atoms with Gasteiger partial charge in [0.1, 0.15) is 0 Å². The molecule has 0 aliphatic carbocycles. The summed E-state index contributed by atoms with van der Waals surface area (Å²) in [7, 11) is 0. The van der Waals surface area contributed by atoms with Crippen molar-refractivity contribution >= 4 is 29.0 Å². The smallest absolute Gasteiger partial charge is 0.251 e. The Kier molecular flexibility index (Phi) is 3.39. The summed E-state index contributed by atoms with van der Waals surface area (Å²) in [5.41, 5.74) is 8.35. The topological polar surface area (TPSA) is 72.2 Å². The molecule has 0 saturated carbocycles. The summed E-state index contributed by atoms with van der Waals surface area (Å²) in [5.74, 6) is -0.391. The molecule has 106 valence electrons. The summed E-state index contributed by atoms with van der Waals surface area (Å²) in [4.78, 5) is 24.4. The summed E-state index contributed by atoms with van der Waals surface area (Å²) in [5, 5.41) is 3.01. The first-order valence-electron chi connectivity index (χ1n) is 6.58. The van der Waals surface area contributed by atoms with E-state index in [9.17, 15) is 9.59 Å². The van der Waals surface area contributed by atoms with E-state index in [1.165, 1.54) is 0 Å². The van der Waals surface area contributed by atoms with E-state index in [-0.39, 0.29) is 16.7 Å². The summed E-state index contributed by atoms with van der Waals surface area (Å²) in [6.45, 7) is 0.625. The summed E-state index contributed by atoms with van der Waals surface area (Å²) < 4.78 is 0. The standard InChI is InChI=1S/C16H13ClN2O2/c17-14-11(2-1-3-13(14)18)15(20)10-5-4-9-6-7-19-16(21)12(9)8-10/h1-5,8H,6-7,18H2,(H,19,21). The summed E-state index contributed by atoms with van der Waals surface area (Å²) in [6.07, 6.45) is 0.772. The largest absolute Gasteiger partial charge is 0.398 e. The Morgan fingerprint density at radius 2 is 2.05 bits per heavy atom. The van der Waals surface area contributed by atoms with Gasteiger partial charge < -0.3 is 11.1 Å². The molecule has 0 aromatic heterocycles. The number of hydrogen-bond donors (Lipinski definition) is 2. The number of nitrogens with two attached hydrogens (primary N) is 1. The third-order valence-electron chi connectivity index (χ3n) is 3.57. The van der Waals surface area contributed by atoms with E-state index in [4.69, 9.17) is 17.3 Å². The second kappa shape index (κ2) is 5.22. The van der Waals surface area contributed by atoms with Crippen molar-refractivity contribution in [1.82, 2.24) is 5.32 Å². The van der Waals surface area contributed by atoms with Crippen LogP contribution in [0.4, 0.5) is 5.69 Å². The molecule has 3 N–H and O–H groups in total. The van der Waals surface area contributed by atoms with Gasteiger partial charge >= 0.3 is 0 Å². The number of hydrogen-bond acceptors (Lipinski definition) is 3. The minimum Gasteiger partial charge on any atom is -0.398 e. The van der Waals surface area contributed by atoms with Gasteiger partial charge in [0.2, 0.25) is 0 Å². The average Bonchev–Trinajstić information content (AvgIpc) is 2.49. The highest BCUT2D eigenvalue weighted by Crippen LogP contribution is 2.26. The third kappa shape index (κ3) is 2.38. The van der Waals surface area contributed by atoms with Crippen LogP contribution in [0.5, 0.6) is 0 Å². The molecular weight excluding hydrogens is 288 g/mol. The fraction of sp³-hybridized carbons (Fsp3) is 0.125. The molecular formula is C16H13ClN2O2. The van der Waals surface area contributed by atoms with E-state index >= 15 is 0 Å². The van der Waals surface area contributed by atoms with Crippen molar-refractivity contribution in [1.29, 1.82) is 0 Å². The Morgan fingerprint density at radius 1 is 1.24 bits per heavy atom. The van der Waals surface area contributed by atoms with Crippen LogP contribution in [-0.2, 0) is 6.42 Å². The van der Waals surface area contributed by atoms with Crippen molar-refractivity contribution in [3.05, 3.63) is 63.7 Å². The lowest BCUT2D eigenvalue weighted by atomic mass is 9.94. The number of halogens is 1. The zero-order chi connectivity index (χ0) is 15.0. The maximum atomic E-state index is 12.5. The molecule has 0 bridgehead atoms. The van der Waals surface area contributed by atoms with Crippen LogP contribution in [0.1, 0.15) is 31.8 Å². The predicted molar refractivity (Wildman–Crippen MR) is 81.8 cm³/mol. The molecule has 0 radical (unpaired) electrons. The van der Waals surface area contributed by atoms with Crippen molar-refractivity contribution in [3.8, 4) is 0 Å². The molecule has 2 aromatic rings. The molecule has 1 aliphatic heterocycles. The maximum absolute atomic E-state index is 12.5. The van der Waals surface area contributed by atoms with Crippen molar-refractivity contribution in [3.63, 3.8) is 0 Å². The molecule has 1 heterocycles. The van der Waals surface area contributed by atoms with Crippen LogP contribution in [0, 0.1) is 0 Å². The molecule has 0 atom stereocenters. The van der Waals surface area contributed by atoms with Crippen molar-refractivity contribution in [2.75, 3.05) is 12.3 Å². The lowest BCUT2D eigenvalue weighted by Crippen LogP contribution is -2.32. The van der Waals surface area contributed by atoms with Gasteiger partial charge in [0.05, 0.1) is 10.7 Å². The van der Waals surface area contributed by atoms with E-state index in [0.717, 1.165) is 12.0 Å². The molecule has 0 saturated heterocycles. The first-order valence-corrected chi connectivity index (χ1v) is 6.95. The number of amides is 1. The number of benzene rings is 2. The molecule has 4 nitrogen and oxygen atoms in total. The normalized spacial score (nSPS) is 13.5. The number of nitrogen functional groups attached to an aromatic ring is 1. The number of ketones is 1. The van der Waals surface area contributed by atoms with Crippen molar-refractivity contribution in [2.45, 2.75) is 6.42 Å². The molecule has 5 heteroatoms. The number of carbonyl (C=O) groups is 2. The van der Waals surface area contributed by atoms with Gasteiger partial charge in [-0.1, -0.05) is 29.8 Å². The predicted octanol–water partition coefficient (Wildman–Crippen LogP) is 2.44. The molecule has 1 amide bonds. The fourth-order valence-electron chi connectivity index (χ4n) is 2.43. The SMILES string of the molecule is Nc1cccc(C(=O)c2ccc3c(c2)C(=O)NCC3)c1Cl. The van der Waals surface area contributed by atoms with Crippen LogP contribution >= 0.6 is 11.6 Å². The fourth-order valence-corrected chi connectivity index (χ4v) is 2.65. The molecule has 2 aromatic carbocycles. The molecule has 1 aliphatic rings. The van der Waals surface area contributed by atoms with Gasteiger partial charge in [-0.2, -0.15) is 0 Å². The van der Waals surface area contributed by atoms with Crippen molar-refractivity contribution in [2.24, 2.45) is 0 Å². The van der Waals surface area contributed by atoms with Crippen LogP contribution in [0.15, 0.2) is 36.4 Å². The van der Waals surface area contributed by atoms with Crippen LogP contribution < -0.4 is 11.1 Å². The summed E-state index contributed by atoms with van der Waals surface area (Å²) >= 11 is 6.08. The van der Waals surface area contributed by atoms with E-state index in [1.807, 2.05) is 6.07 Å². The Balaban J connectivity index is 2.05. The third-order valence-corrected chi connectivity index (χ3v) is 3.99. The lowest BCUT2D eigenvalue weighted by molar-refractivity contribution is 0.0946. The number of rotatable bonds is 2. The van der Waals surface area contributed by atoms with Crippen LogP contribution in [0.2, 0.25) is 5.02 Å². The maximum Gasteiger partial charge on any atom is 0.251 e. The first-order chi connectivity index (χ1) is 10.1. The minimum absolute atomic E-state index is 0.149. The molecule has 21 heavy (non-hydrogen) atoms. The Labute approximate surface area is 126 Å². The van der Waals surface area contributed by atoms with Crippen molar-refractivity contribution < 1.29 is 9.59 Å².